The molecule has 3 aromatic rings. The molecule has 32 heavy (non-hydrogen) atoms. The van der Waals surface area contributed by atoms with E-state index in [9.17, 15) is 9.59 Å². The molecule has 0 aromatic carbocycles. The summed E-state index contributed by atoms with van der Waals surface area (Å²) < 4.78 is 17.6. The summed E-state index contributed by atoms with van der Waals surface area (Å²) >= 11 is 1.15. The maximum Gasteiger partial charge on any atom is 0.381 e. The minimum Gasteiger partial charge on any atom is -0.488 e. The van der Waals surface area contributed by atoms with Crippen LogP contribution in [0.15, 0.2) is 27.5 Å². The number of methoxy groups -OCH3 is 2. The third kappa shape index (κ3) is 4.50. The molecule has 4 rings (SSSR count). The second-order valence-corrected chi connectivity index (χ2v) is 8.34. The number of nitrogens with one attached hydrogen (secondary N) is 2. The number of ether oxygens (including phenoxy) is 2. The van der Waals surface area contributed by atoms with Gasteiger partial charge in [0.05, 0.1) is 24.9 Å². The first-order valence-electron chi connectivity index (χ1n) is 10.2. The highest BCUT2D eigenvalue weighted by Gasteiger charge is 2.27. The van der Waals surface area contributed by atoms with Crippen LogP contribution in [0, 0.1) is 6.92 Å². The Bertz CT molecular complexity index is 1160. The molecule has 2 atom stereocenters. The number of carbonyl (C=O) groups excluding carboxylic acids is 1. The Labute approximate surface area is 187 Å². The zero-order chi connectivity index (χ0) is 22.7. The van der Waals surface area contributed by atoms with Gasteiger partial charge in [-0.3, -0.25) is 10.1 Å². The molecule has 0 aliphatic heterocycles. The van der Waals surface area contributed by atoms with E-state index in [1.807, 2.05) is 13.0 Å². The van der Waals surface area contributed by atoms with Crippen molar-refractivity contribution in [2.75, 3.05) is 24.9 Å². The standard InChI is InChI=1S/C20H24N6O5S/c1-11-8-9-21-26(11)20-25-24-19(32-20)23-17(27)15-10-13(16(30-3)18(28)31-15)22-12-6-4-5-7-14(12)29-2/h8-10,12,14,22H,4-7H2,1-3H3,(H,23,24,27)/t12-,14-/m0/s1. The largest absolute Gasteiger partial charge is 0.488 e. The molecule has 3 aromatic heterocycles. The molecule has 2 N–H and O–H groups in total. The van der Waals surface area contributed by atoms with E-state index >= 15 is 0 Å². The molecule has 0 bridgehead atoms. The Kier molecular flexibility index (Phi) is 6.51. The second-order valence-electron chi connectivity index (χ2n) is 7.38. The van der Waals surface area contributed by atoms with Crippen molar-refractivity contribution in [1.29, 1.82) is 0 Å². The lowest BCUT2D eigenvalue weighted by Crippen LogP contribution is -2.38. The van der Waals surface area contributed by atoms with E-state index in [1.54, 1.807) is 18.0 Å². The van der Waals surface area contributed by atoms with Crippen LogP contribution in [0.25, 0.3) is 5.13 Å². The van der Waals surface area contributed by atoms with Gasteiger partial charge in [0.15, 0.2) is 5.76 Å². The van der Waals surface area contributed by atoms with E-state index < -0.39 is 11.5 Å². The van der Waals surface area contributed by atoms with Crippen molar-refractivity contribution in [2.45, 2.75) is 44.8 Å². The molecule has 3 heterocycles. The smallest absolute Gasteiger partial charge is 0.381 e. The number of hydrogen-bond donors (Lipinski definition) is 2. The van der Waals surface area contributed by atoms with Crippen LogP contribution < -0.4 is 21.0 Å². The third-order valence-electron chi connectivity index (χ3n) is 5.33. The molecule has 1 amide bonds. The van der Waals surface area contributed by atoms with Gasteiger partial charge in [-0.25, -0.2) is 9.48 Å². The summed E-state index contributed by atoms with van der Waals surface area (Å²) in [6.45, 7) is 1.88. The number of anilines is 2. The van der Waals surface area contributed by atoms with Crippen LogP contribution in [0.3, 0.4) is 0 Å². The lowest BCUT2D eigenvalue weighted by atomic mass is 9.92. The Hall–Kier alpha value is -3.25. The fourth-order valence-electron chi connectivity index (χ4n) is 3.72. The quantitative estimate of drug-likeness (QED) is 0.546. The topological polar surface area (TPSA) is 133 Å². The predicted molar refractivity (Wildman–Crippen MR) is 118 cm³/mol. The molecule has 1 fully saturated rings. The zero-order valence-electron chi connectivity index (χ0n) is 18.0. The van der Waals surface area contributed by atoms with E-state index in [1.165, 1.54) is 13.2 Å². The van der Waals surface area contributed by atoms with Crippen molar-refractivity contribution >= 4 is 28.1 Å². The Morgan fingerprint density at radius 2 is 2.09 bits per heavy atom. The predicted octanol–water partition coefficient (Wildman–Crippen LogP) is 2.62. The molecule has 0 radical (unpaired) electrons. The average Bonchev–Trinajstić information content (AvgIpc) is 3.42. The second kappa shape index (κ2) is 9.49. The van der Waals surface area contributed by atoms with E-state index in [-0.39, 0.29) is 28.8 Å². The van der Waals surface area contributed by atoms with Crippen molar-refractivity contribution in [3.63, 3.8) is 0 Å². The number of nitrogens with zero attached hydrogens (tertiary/aromatic N) is 4. The molecule has 0 saturated heterocycles. The van der Waals surface area contributed by atoms with Gasteiger partial charge in [0.1, 0.15) is 0 Å². The Balaban J connectivity index is 1.55. The van der Waals surface area contributed by atoms with Crippen LogP contribution in [0.2, 0.25) is 0 Å². The number of rotatable bonds is 7. The van der Waals surface area contributed by atoms with Gasteiger partial charge >= 0.3 is 5.63 Å². The van der Waals surface area contributed by atoms with Gasteiger partial charge in [-0.05, 0) is 25.8 Å². The number of amides is 1. The molecule has 0 unspecified atom stereocenters. The molecular weight excluding hydrogens is 436 g/mol. The highest BCUT2D eigenvalue weighted by molar-refractivity contribution is 7.17. The van der Waals surface area contributed by atoms with E-state index in [0.29, 0.717) is 10.8 Å². The Morgan fingerprint density at radius 3 is 2.81 bits per heavy atom. The van der Waals surface area contributed by atoms with Crippen LogP contribution in [0.5, 0.6) is 5.75 Å². The summed E-state index contributed by atoms with van der Waals surface area (Å²) in [5.74, 6) is -0.788. The monoisotopic (exact) mass is 460 g/mol. The summed E-state index contributed by atoms with van der Waals surface area (Å²) in [5.41, 5.74) is 0.512. The van der Waals surface area contributed by atoms with Crippen molar-refractivity contribution in [2.24, 2.45) is 0 Å². The van der Waals surface area contributed by atoms with Crippen molar-refractivity contribution in [3.8, 4) is 10.9 Å². The maximum absolute atomic E-state index is 12.8. The van der Waals surface area contributed by atoms with Crippen LogP contribution in [-0.2, 0) is 4.74 Å². The first kappa shape index (κ1) is 22.0. The highest BCUT2D eigenvalue weighted by atomic mass is 32.1. The SMILES string of the molecule is COc1c(N[C@H]2CCCC[C@@H]2OC)cc(C(=O)Nc2nnc(-n3nccc3C)s2)oc1=O. The van der Waals surface area contributed by atoms with Crippen LogP contribution in [-0.4, -0.2) is 52.3 Å². The van der Waals surface area contributed by atoms with Crippen LogP contribution >= 0.6 is 11.3 Å². The number of hydrogen-bond acceptors (Lipinski definition) is 10. The zero-order valence-corrected chi connectivity index (χ0v) is 18.8. The number of aromatic nitrogens is 4. The summed E-state index contributed by atoms with van der Waals surface area (Å²) in [5, 5.41) is 18.8. The summed E-state index contributed by atoms with van der Waals surface area (Å²) in [7, 11) is 3.05. The number of aryl methyl sites for hydroxylation is 1. The van der Waals surface area contributed by atoms with Crippen molar-refractivity contribution in [1.82, 2.24) is 20.0 Å². The number of carbonyl (C=O) groups is 1. The summed E-state index contributed by atoms with van der Waals surface area (Å²) in [4.78, 5) is 25.2. The fourth-order valence-corrected chi connectivity index (χ4v) is 4.48. The molecular formula is C20H24N6O5S. The van der Waals surface area contributed by atoms with E-state index in [2.05, 4.69) is 25.9 Å². The average molecular weight is 461 g/mol. The lowest BCUT2D eigenvalue weighted by Gasteiger charge is -2.32. The van der Waals surface area contributed by atoms with Crippen LogP contribution in [0.1, 0.15) is 41.9 Å². The molecule has 170 valence electrons. The Morgan fingerprint density at radius 1 is 1.28 bits per heavy atom. The van der Waals surface area contributed by atoms with Crippen molar-refractivity contribution in [3.05, 3.63) is 40.2 Å². The normalized spacial score (nSPS) is 18.3. The van der Waals surface area contributed by atoms with Gasteiger partial charge in [0, 0.05) is 25.1 Å². The molecule has 1 aliphatic carbocycles. The maximum atomic E-state index is 12.8. The summed E-state index contributed by atoms with van der Waals surface area (Å²) in [6.07, 6.45) is 5.58. The first-order chi connectivity index (χ1) is 15.5. The van der Waals surface area contributed by atoms with Gasteiger partial charge in [0.25, 0.3) is 5.91 Å². The van der Waals surface area contributed by atoms with Gasteiger partial charge in [-0.15, -0.1) is 10.2 Å². The first-order valence-corrected chi connectivity index (χ1v) is 11.0. The van der Waals surface area contributed by atoms with E-state index in [0.717, 1.165) is 42.7 Å². The van der Waals surface area contributed by atoms with Gasteiger partial charge < -0.3 is 19.2 Å². The fraction of sp³-hybridized carbons (Fsp3) is 0.450. The van der Waals surface area contributed by atoms with Gasteiger partial charge in [0.2, 0.25) is 16.0 Å². The van der Waals surface area contributed by atoms with E-state index in [4.69, 9.17) is 13.9 Å². The minimum absolute atomic E-state index is 0.00328. The molecule has 12 heteroatoms. The van der Waals surface area contributed by atoms with Crippen LogP contribution in [0.4, 0.5) is 10.8 Å². The van der Waals surface area contributed by atoms with Gasteiger partial charge in [-0.1, -0.05) is 24.2 Å². The molecule has 1 saturated carbocycles. The van der Waals surface area contributed by atoms with Gasteiger partial charge in [-0.2, -0.15) is 5.10 Å². The minimum atomic E-state index is -0.752. The molecule has 1 aliphatic rings. The molecule has 0 spiro atoms. The lowest BCUT2D eigenvalue weighted by molar-refractivity contribution is 0.0605. The molecule has 11 nitrogen and oxygen atoms in total. The van der Waals surface area contributed by atoms with Crippen molar-refractivity contribution < 1.29 is 18.7 Å². The third-order valence-corrected chi connectivity index (χ3v) is 6.14. The highest BCUT2D eigenvalue weighted by Crippen LogP contribution is 2.29. The summed E-state index contributed by atoms with van der Waals surface area (Å²) in [6, 6.07) is 3.28.